The van der Waals surface area contributed by atoms with Crippen LogP contribution in [0.2, 0.25) is 0 Å². The van der Waals surface area contributed by atoms with E-state index < -0.39 is 6.04 Å². The van der Waals surface area contributed by atoms with Crippen molar-refractivity contribution in [3.8, 4) is 0 Å². The molecular formula is C29H33BrN2O2. The van der Waals surface area contributed by atoms with Crippen LogP contribution in [-0.4, -0.2) is 29.3 Å². The third-order valence-corrected chi connectivity index (χ3v) is 6.40. The van der Waals surface area contributed by atoms with Crippen LogP contribution in [0.1, 0.15) is 41.2 Å². The molecule has 34 heavy (non-hydrogen) atoms. The average molecular weight is 521 g/mol. The highest BCUT2D eigenvalue weighted by molar-refractivity contribution is 9.10. The third kappa shape index (κ3) is 7.29. The smallest absolute Gasteiger partial charge is 0.243 e. The minimum atomic E-state index is -0.606. The van der Waals surface area contributed by atoms with E-state index in [4.69, 9.17) is 0 Å². The number of nitrogens with zero attached hydrogens (tertiary/aromatic N) is 1. The third-order valence-electron chi connectivity index (χ3n) is 5.91. The van der Waals surface area contributed by atoms with Gasteiger partial charge in [-0.05, 0) is 54.7 Å². The summed E-state index contributed by atoms with van der Waals surface area (Å²) in [4.78, 5) is 28.9. The van der Waals surface area contributed by atoms with E-state index in [-0.39, 0.29) is 18.2 Å². The fraction of sp³-hybridized carbons (Fsp3) is 0.310. The Balaban J connectivity index is 1.98. The van der Waals surface area contributed by atoms with Gasteiger partial charge in [0, 0.05) is 24.0 Å². The van der Waals surface area contributed by atoms with Crippen LogP contribution < -0.4 is 5.32 Å². The fourth-order valence-electron chi connectivity index (χ4n) is 4.01. The lowest BCUT2D eigenvalue weighted by Crippen LogP contribution is -2.51. The Morgan fingerprint density at radius 2 is 1.68 bits per heavy atom. The van der Waals surface area contributed by atoms with Crippen molar-refractivity contribution in [2.24, 2.45) is 0 Å². The molecule has 3 rings (SSSR count). The molecule has 5 heteroatoms. The lowest BCUT2D eigenvalue weighted by Gasteiger charge is -2.32. The molecule has 0 radical (unpaired) electrons. The first-order valence-corrected chi connectivity index (χ1v) is 12.6. The maximum Gasteiger partial charge on any atom is 0.243 e. The second kappa shape index (κ2) is 12.5. The summed E-state index contributed by atoms with van der Waals surface area (Å²) in [5.74, 6) is -0.170. The summed E-state index contributed by atoms with van der Waals surface area (Å²) in [5, 5.41) is 3.03. The highest BCUT2D eigenvalue weighted by Crippen LogP contribution is 2.20. The molecule has 0 bridgehead atoms. The number of nitrogens with one attached hydrogen (secondary N) is 1. The van der Waals surface area contributed by atoms with E-state index in [1.54, 1.807) is 4.90 Å². The van der Waals surface area contributed by atoms with E-state index >= 15 is 0 Å². The number of hydrogen-bond acceptors (Lipinski definition) is 2. The van der Waals surface area contributed by atoms with Gasteiger partial charge in [0.2, 0.25) is 11.8 Å². The van der Waals surface area contributed by atoms with E-state index in [0.29, 0.717) is 19.5 Å². The second-order valence-electron chi connectivity index (χ2n) is 8.75. The van der Waals surface area contributed by atoms with Gasteiger partial charge in [0.15, 0.2) is 0 Å². The normalized spacial score (nSPS) is 11.6. The molecule has 0 aliphatic carbocycles. The average Bonchev–Trinajstić information content (AvgIpc) is 2.82. The zero-order valence-electron chi connectivity index (χ0n) is 20.2. The number of carbonyl (C=O) groups excluding carboxylic acids is 2. The van der Waals surface area contributed by atoms with Crippen molar-refractivity contribution < 1.29 is 9.59 Å². The Kier molecular flexibility index (Phi) is 9.46. The molecule has 0 saturated carbocycles. The van der Waals surface area contributed by atoms with Gasteiger partial charge >= 0.3 is 0 Å². The van der Waals surface area contributed by atoms with Crippen LogP contribution in [0, 0.1) is 13.8 Å². The molecule has 0 aliphatic rings. The van der Waals surface area contributed by atoms with Crippen molar-refractivity contribution in [3.05, 3.63) is 105 Å². The molecule has 0 aliphatic heterocycles. The van der Waals surface area contributed by atoms with Gasteiger partial charge < -0.3 is 10.2 Å². The first kappa shape index (κ1) is 25.7. The number of hydrogen-bond donors (Lipinski definition) is 1. The molecule has 0 spiro atoms. The van der Waals surface area contributed by atoms with E-state index in [9.17, 15) is 9.59 Å². The van der Waals surface area contributed by atoms with Crippen molar-refractivity contribution >= 4 is 27.7 Å². The standard InChI is InChI=1S/C29H33BrN2O2/c1-4-15-31-29(34)27(18-23-9-6-5-7-10-23)32(20-24-11-8-12-26(30)17-24)28(33)19-25-16-21(2)13-14-22(25)3/h5-14,16-17,27H,4,15,18-20H2,1-3H3,(H,31,34)/t27-/m0/s1. The van der Waals surface area contributed by atoms with E-state index in [1.807, 2.05) is 81.4 Å². The summed E-state index contributed by atoms with van der Waals surface area (Å²) in [6, 6.07) is 23.4. The summed E-state index contributed by atoms with van der Waals surface area (Å²) in [6.45, 7) is 7.02. The monoisotopic (exact) mass is 520 g/mol. The zero-order chi connectivity index (χ0) is 24.5. The maximum absolute atomic E-state index is 13.8. The predicted molar refractivity (Wildman–Crippen MR) is 142 cm³/mol. The Hall–Kier alpha value is -2.92. The lowest BCUT2D eigenvalue weighted by atomic mass is 9.99. The molecule has 0 heterocycles. The van der Waals surface area contributed by atoms with Gasteiger partial charge in [-0.15, -0.1) is 0 Å². The molecule has 0 unspecified atom stereocenters. The Morgan fingerprint density at radius 1 is 0.941 bits per heavy atom. The van der Waals surface area contributed by atoms with Crippen LogP contribution in [0.15, 0.2) is 77.3 Å². The molecule has 3 aromatic rings. The summed E-state index contributed by atoms with van der Waals surface area (Å²) in [6.07, 6.45) is 1.56. The van der Waals surface area contributed by atoms with Crippen molar-refractivity contribution in [1.29, 1.82) is 0 Å². The molecule has 1 N–H and O–H groups in total. The van der Waals surface area contributed by atoms with Crippen molar-refractivity contribution in [2.75, 3.05) is 6.54 Å². The van der Waals surface area contributed by atoms with Gasteiger partial charge in [0.05, 0.1) is 6.42 Å². The number of benzene rings is 3. The Morgan fingerprint density at radius 3 is 2.38 bits per heavy atom. The quantitative estimate of drug-likeness (QED) is 0.368. The van der Waals surface area contributed by atoms with Gasteiger partial charge in [-0.25, -0.2) is 0 Å². The summed E-state index contributed by atoms with van der Waals surface area (Å²) >= 11 is 3.53. The highest BCUT2D eigenvalue weighted by atomic mass is 79.9. The Bertz CT molecular complexity index is 1110. The molecule has 0 saturated heterocycles. The van der Waals surface area contributed by atoms with Crippen molar-refractivity contribution in [3.63, 3.8) is 0 Å². The number of rotatable bonds is 10. The minimum Gasteiger partial charge on any atom is -0.354 e. The van der Waals surface area contributed by atoms with Gasteiger partial charge in [0.25, 0.3) is 0 Å². The first-order valence-electron chi connectivity index (χ1n) is 11.8. The van der Waals surface area contributed by atoms with Crippen molar-refractivity contribution in [2.45, 2.75) is 52.6 Å². The molecule has 0 fully saturated rings. The molecule has 0 aromatic heterocycles. The number of halogens is 1. The van der Waals surface area contributed by atoms with Crippen LogP contribution in [0.4, 0.5) is 0 Å². The topological polar surface area (TPSA) is 49.4 Å². The number of amides is 2. The summed E-state index contributed by atoms with van der Waals surface area (Å²) < 4.78 is 0.946. The van der Waals surface area contributed by atoms with E-state index in [2.05, 4.69) is 33.4 Å². The number of aryl methyl sites for hydroxylation is 2. The molecular weight excluding hydrogens is 488 g/mol. The van der Waals surface area contributed by atoms with Gasteiger partial charge in [-0.1, -0.05) is 89.1 Å². The van der Waals surface area contributed by atoms with E-state index in [1.165, 1.54) is 0 Å². The highest BCUT2D eigenvalue weighted by Gasteiger charge is 2.30. The molecule has 178 valence electrons. The molecule has 4 nitrogen and oxygen atoms in total. The SMILES string of the molecule is CCCNC(=O)[C@H](Cc1ccccc1)N(Cc1cccc(Br)c1)C(=O)Cc1cc(C)ccc1C. The Labute approximate surface area is 211 Å². The van der Waals surface area contributed by atoms with Gasteiger partial charge in [-0.2, -0.15) is 0 Å². The number of carbonyl (C=O) groups is 2. The largest absolute Gasteiger partial charge is 0.354 e. The lowest BCUT2D eigenvalue weighted by molar-refractivity contribution is -0.140. The van der Waals surface area contributed by atoms with Crippen LogP contribution in [0.3, 0.4) is 0 Å². The van der Waals surface area contributed by atoms with Gasteiger partial charge in [-0.3, -0.25) is 9.59 Å². The van der Waals surface area contributed by atoms with E-state index in [0.717, 1.165) is 38.7 Å². The first-order chi connectivity index (χ1) is 16.4. The van der Waals surface area contributed by atoms with Gasteiger partial charge in [0.1, 0.15) is 6.04 Å². The second-order valence-corrected chi connectivity index (χ2v) is 9.67. The van der Waals surface area contributed by atoms with Crippen LogP contribution >= 0.6 is 15.9 Å². The van der Waals surface area contributed by atoms with Crippen LogP contribution in [-0.2, 0) is 29.0 Å². The predicted octanol–water partition coefficient (Wildman–Crippen LogP) is 5.77. The summed E-state index contributed by atoms with van der Waals surface area (Å²) in [5.41, 5.74) is 5.20. The summed E-state index contributed by atoms with van der Waals surface area (Å²) in [7, 11) is 0. The fourth-order valence-corrected chi connectivity index (χ4v) is 4.45. The van der Waals surface area contributed by atoms with Crippen molar-refractivity contribution in [1.82, 2.24) is 10.2 Å². The molecule has 3 aromatic carbocycles. The minimum absolute atomic E-state index is 0.0544. The molecule has 2 amide bonds. The van der Waals surface area contributed by atoms with Crippen LogP contribution in [0.25, 0.3) is 0 Å². The zero-order valence-corrected chi connectivity index (χ0v) is 21.8. The maximum atomic E-state index is 13.8. The molecule has 1 atom stereocenters. The van der Waals surface area contributed by atoms with Crippen LogP contribution in [0.5, 0.6) is 0 Å².